The lowest BCUT2D eigenvalue weighted by molar-refractivity contribution is -0.125. The van der Waals surface area contributed by atoms with Crippen LogP contribution in [0.2, 0.25) is 5.15 Å². The van der Waals surface area contributed by atoms with Crippen molar-refractivity contribution in [2.75, 3.05) is 19.7 Å². The Morgan fingerprint density at radius 3 is 2.83 bits per heavy atom. The minimum absolute atomic E-state index is 0.0612. The smallest absolute Gasteiger partial charge is 0.246 e. The number of carbonyl (C=O) groups is 1. The molecule has 1 fully saturated rings. The van der Waals surface area contributed by atoms with Gasteiger partial charge in [-0.2, -0.15) is 5.10 Å². The fourth-order valence-electron chi connectivity index (χ4n) is 2.88. The Hall–Kier alpha value is -2.11. The average molecular weight is 346 g/mol. The van der Waals surface area contributed by atoms with E-state index in [0.29, 0.717) is 18.2 Å². The second-order valence-electron chi connectivity index (χ2n) is 5.99. The maximum absolute atomic E-state index is 12.3. The lowest BCUT2D eigenvalue weighted by atomic mass is 10.1. The van der Waals surface area contributed by atoms with Gasteiger partial charge in [0.25, 0.3) is 0 Å². The SMILES string of the molecule is Cc1nn(-c2ccccc2)c(Cl)c1/C=C/C(=O)N1CCC(CO)C1. The Kier molecular flexibility index (Phi) is 5.02. The summed E-state index contributed by atoms with van der Waals surface area (Å²) in [5.74, 6) is 0.127. The van der Waals surface area contributed by atoms with Crippen molar-refractivity contribution in [3.8, 4) is 5.69 Å². The number of likely N-dealkylation sites (tertiary alicyclic amines) is 1. The van der Waals surface area contributed by atoms with Crippen LogP contribution in [0.1, 0.15) is 17.7 Å². The van der Waals surface area contributed by atoms with Crippen LogP contribution in [-0.2, 0) is 4.79 Å². The fraction of sp³-hybridized carbons (Fsp3) is 0.333. The molecule has 0 saturated carbocycles. The van der Waals surface area contributed by atoms with Crippen molar-refractivity contribution in [3.63, 3.8) is 0 Å². The third-order valence-electron chi connectivity index (χ3n) is 4.30. The summed E-state index contributed by atoms with van der Waals surface area (Å²) in [6.07, 6.45) is 4.10. The Morgan fingerprint density at radius 1 is 1.42 bits per heavy atom. The van der Waals surface area contributed by atoms with E-state index in [0.717, 1.165) is 23.4 Å². The molecule has 24 heavy (non-hydrogen) atoms. The van der Waals surface area contributed by atoms with Gasteiger partial charge in [0.1, 0.15) is 5.15 Å². The largest absolute Gasteiger partial charge is 0.396 e. The molecule has 0 radical (unpaired) electrons. The van der Waals surface area contributed by atoms with Crippen LogP contribution < -0.4 is 0 Å². The molecule has 1 unspecified atom stereocenters. The number of rotatable bonds is 4. The standard InChI is InChI=1S/C18H20ClN3O2/c1-13-16(7-8-17(24)21-10-9-14(11-21)12-23)18(19)22(20-13)15-5-3-2-4-6-15/h2-8,14,23H,9-12H2,1H3/b8-7+. The van der Waals surface area contributed by atoms with Crippen LogP contribution in [0.15, 0.2) is 36.4 Å². The first-order valence-electron chi connectivity index (χ1n) is 7.98. The Labute approximate surface area is 146 Å². The van der Waals surface area contributed by atoms with Gasteiger partial charge in [0.2, 0.25) is 5.91 Å². The maximum atomic E-state index is 12.3. The van der Waals surface area contributed by atoms with Crippen LogP contribution in [0.5, 0.6) is 0 Å². The molecule has 3 rings (SSSR count). The number of aliphatic hydroxyl groups excluding tert-OH is 1. The van der Waals surface area contributed by atoms with Gasteiger partial charge in [-0.1, -0.05) is 29.8 Å². The van der Waals surface area contributed by atoms with Gasteiger partial charge >= 0.3 is 0 Å². The maximum Gasteiger partial charge on any atom is 0.246 e. The van der Waals surface area contributed by atoms with E-state index in [2.05, 4.69) is 5.10 Å². The number of hydrogen-bond acceptors (Lipinski definition) is 3. The highest BCUT2D eigenvalue weighted by molar-refractivity contribution is 6.31. The van der Waals surface area contributed by atoms with Gasteiger partial charge in [0.05, 0.1) is 11.4 Å². The molecule has 1 atom stereocenters. The minimum Gasteiger partial charge on any atom is -0.396 e. The first kappa shape index (κ1) is 16.7. The third-order valence-corrected chi connectivity index (χ3v) is 4.66. The van der Waals surface area contributed by atoms with Gasteiger partial charge in [-0.3, -0.25) is 4.79 Å². The van der Waals surface area contributed by atoms with Crippen LogP contribution in [0.4, 0.5) is 0 Å². The van der Waals surface area contributed by atoms with Crippen molar-refractivity contribution in [3.05, 3.63) is 52.8 Å². The molecule has 0 bridgehead atoms. The van der Waals surface area contributed by atoms with Crippen LogP contribution in [0.25, 0.3) is 11.8 Å². The van der Waals surface area contributed by atoms with E-state index >= 15 is 0 Å². The summed E-state index contributed by atoms with van der Waals surface area (Å²) in [6, 6.07) is 9.63. The summed E-state index contributed by atoms with van der Waals surface area (Å²) in [4.78, 5) is 14.0. The van der Waals surface area contributed by atoms with Crippen molar-refractivity contribution in [2.24, 2.45) is 5.92 Å². The van der Waals surface area contributed by atoms with Gasteiger partial charge < -0.3 is 10.0 Å². The van der Waals surface area contributed by atoms with Crippen molar-refractivity contribution < 1.29 is 9.90 Å². The zero-order chi connectivity index (χ0) is 17.1. The monoisotopic (exact) mass is 345 g/mol. The van der Waals surface area contributed by atoms with Crippen molar-refractivity contribution in [2.45, 2.75) is 13.3 Å². The summed E-state index contributed by atoms with van der Waals surface area (Å²) in [5.41, 5.74) is 2.39. The fourth-order valence-corrected chi connectivity index (χ4v) is 3.22. The van der Waals surface area contributed by atoms with Gasteiger partial charge in [-0.15, -0.1) is 0 Å². The number of aromatic nitrogens is 2. The van der Waals surface area contributed by atoms with E-state index in [1.54, 1.807) is 15.7 Å². The molecular weight excluding hydrogens is 326 g/mol. The number of benzene rings is 1. The van der Waals surface area contributed by atoms with Gasteiger partial charge in [0.15, 0.2) is 0 Å². The van der Waals surface area contributed by atoms with Crippen molar-refractivity contribution in [1.29, 1.82) is 0 Å². The van der Waals surface area contributed by atoms with Crippen LogP contribution in [-0.4, -0.2) is 45.4 Å². The summed E-state index contributed by atoms with van der Waals surface area (Å²) in [7, 11) is 0. The number of nitrogens with zero attached hydrogens (tertiary/aromatic N) is 3. The highest BCUT2D eigenvalue weighted by Gasteiger charge is 2.24. The number of aliphatic hydroxyl groups is 1. The number of halogens is 1. The second kappa shape index (κ2) is 7.20. The highest BCUT2D eigenvalue weighted by Crippen LogP contribution is 2.25. The Balaban J connectivity index is 1.78. The normalized spacial score (nSPS) is 17.8. The molecule has 1 N–H and O–H groups in total. The minimum atomic E-state index is -0.0612. The van der Waals surface area contributed by atoms with E-state index in [9.17, 15) is 9.90 Å². The zero-order valence-electron chi connectivity index (χ0n) is 13.5. The molecule has 1 aliphatic rings. The molecule has 0 spiro atoms. The number of hydrogen-bond donors (Lipinski definition) is 1. The average Bonchev–Trinajstić information content (AvgIpc) is 3.19. The molecule has 6 heteroatoms. The van der Waals surface area contributed by atoms with E-state index in [4.69, 9.17) is 11.6 Å². The lowest BCUT2D eigenvalue weighted by Gasteiger charge is -2.13. The molecule has 2 aromatic rings. The summed E-state index contributed by atoms with van der Waals surface area (Å²) in [6.45, 7) is 3.29. The second-order valence-corrected chi connectivity index (χ2v) is 6.35. The van der Waals surface area contributed by atoms with Crippen molar-refractivity contribution in [1.82, 2.24) is 14.7 Å². The molecule has 2 heterocycles. The van der Waals surface area contributed by atoms with E-state index in [1.165, 1.54) is 6.08 Å². The molecule has 1 saturated heterocycles. The quantitative estimate of drug-likeness (QED) is 0.867. The predicted octanol–water partition coefficient (Wildman–Crippen LogP) is 2.69. The number of carbonyl (C=O) groups excluding carboxylic acids is 1. The summed E-state index contributed by atoms with van der Waals surface area (Å²) >= 11 is 6.44. The van der Waals surface area contributed by atoms with E-state index in [1.807, 2.05) is 37.3 Å². The first-order valence-corrected chi connectivity index (χ1v) is 8.36. The van der Waals surface area contributed by atoms with Crippen LogP contribution >= 0.6 is 11.6 Å². The van der Waals surface area contributed by atoms with E-state index < -0.39 is 0 Å². The molecule has 1 aliphatic heterocycles. The number of amides is 1. The summed E-state index contributed by atoms with van der Waals surface area (Å²) in [5, 5.41) is 14.1. The predicted molar refractivity (Wildman–Crippen MR) is 94.1 cm³/mol. The third kappa shape index (κ3) is 3.37. The van der Waals surface area contributed by atoms with Gasteiger partial charge in [-0.05, 0) is 31.6 Å². The Bertz CT molecular complexity index is 755. The highest BCUT2D eigenvalue weighted by atomic mass is 35.5. The molecule has 5 nitrogen and oxygen atoms in total. The molecular formula is C18H20ClN3O2. The van der Waals surface area contributed by atoms with Crippen LogP contribution in [0.3, 0.4) is 0 Å². The first-order chi connectivity index (χ1) is 11.6. The molecule has 1 amide bonds. The number of aryl methyl sites for hydroxylation is 1. The molecule has 0 aliphatic carbocycles. The Morgan fingerprint density at radius 2 is 2.17 bits per heavy atom. The van der Waals surface area contributed by atoms with Gasteiger partial charge in [-0.25, -0.2) is 4.68 Å². The van der Waals surface area contributed by atoms with Crippen molar-refractivity contribution >= 4 is 23.6 Å². The van der Waals surface area contributed by atoms with Crippen LogP contribution in [0, 0.1) is 12.8 Å². The van der Waals surface area contributed by atoms with E-state index in [-0.39, 0.29) is 18.4 Å². The number of para-hydroxylation sites is 1. The molecule has 1 aromatic carbocycles. The lowest BCUT2D eigenvalue weighted by Crippen LogP contribution is -2.27. The molecule has 1 aromatic heterocycles. The summed E-state index contributed by atoms with van der Waals surface area (Å²) < 4.78 is 1.67. The zero-order valence-corrected chi connectivity index (χ0v) is 14.3. The molecule has 126 valence electrons. The van der Waals surface area contributed by atoms with Gasteiger partial charge in [0, 0.05) is 37.3 Å². The topological polar surface area (TPSA) is 58.4 Å².